The van der Waals surface area contributed by atoms with Gasteiger partial charge >= 0.3 is 5.97 Å². The molecule has 0 spiro atoms. The summed E-state index contributed by atoms with van der Waals surface area (Å²) in [6.07, 6.45) is 1.21. The second-order valence-corrected chi connectivity index (χ2v) is 4.92. The molecule has 1 aromatic heterocycles. The molecule has 102 valence electrons. The Kier molecular flexibility index (Phi) is 3.37. The van der Waals surface area contributed by atoms with Crippen molar-refractivity contribution >= 4 is 17.5 Å². The van der Waals surface area contributed by atoms with E-state index in [0.717, 1.165) is 0 Å². The Hall–Kier alpha value is -2.18. The van der Waals surface area contributed by atoms with Gasteiger partial charge in [-0.25, -0.2) is 4.98 Å². The van der Waals surface area contributed by atoms with Crippen LogP contribution in [0.4, 0.5) is 11.5 Å². The van der Waals surface area contributed by atoms with Crippen molar-refractivity contribution in [2.75, 3.05) is 18.0 Å². The maximum atomic E-state index is 11.1. The predicted octanol–water partition coefficient (Wildman–Crippen LogP) is 1.46. The zero-order valence-corrected chi connectivity index (χ0v) is 10.7. The first-order valence-electron chi connectivity index (χ1n) is 5.99. The zero-order chi connectivity index (χ0) is 14.2. The summed E-state index contributed by atoms with van der Waals surface area (Å²) in [6.45, 7) is 4.62. The van der Waals surface area contributed by atoms with Crippen LogP contribution in [0.3, 0.4) is 0 Å². The van der Waals surface area contributed by atoms with Crippen LogP contribution in [0.2, 0.25) is 0 Å². The molecule has 0 radical (unpaired) electrons. The van der Waals surface area contributed by atoms with Gasteiger partial charge in [0.15, 0.2) is 0 Å². The monoisotopic (exact) mass is 265 g/mol. The van der Waals surface area contributed by atoms with Gasteiger partial charge in [0.1, 0.15) is 12.0 Å². The third kappa shape index (κ3) is 2.49. The number of rotatable bonds is 3. The minimum Gasteiger partial charge on any atom is -0.481 e. The first kappa shape index (κ1) is 13.3. The van der Waals surface area contributed by atoms with Gasteiger partial charge in [0.25, 0.3) is 5.69 Å². The molecule has 0 saturated carbocycles. The van der Waals surface area contributed by atoms with Crippen LogP contribution in [-0.2, 0) is 4.79 Å². The van der Waals surface area contributed by atoms with Crippen LogP contribution in [0.15, 0.2) is 12.3 Å². The van der Waals surface area contributed by atoms with Gasteiger partial charge in [-0.1, -0.05) is 6.92 Å². The van der Waals surface area contributed by atoms with E-state index in [0.29, 0.717) is 24.5 Å². The Morgan fingerprint density at radius 3 is 2.74 bits per heavy atom. The van der Waals surface area contributed by atoms with Gasteiger partial charge in [0, 0.05) is 19.2 Å². The molecule has 0 bridgehead atoms. The number of aliphatic carboxylic acids is 1. The highest BCUT2D eigenvalue weighted by molar-refractivity contribution is 5.72. The summed E-state index contributed by atoms with van der Waals surface area (Å²) in [4.78, 5) is 27.2. The maximum Gasteiger partial charge on any atom is 0.308 e. The Balaban J connectivity index is 2.24. The summed E-state index contributed by atoms with van der Waals surface area (Å²) in [6, 6.07) is 1.46. The molecule has 0 aromatic carbocycles. The first-order chi connectivity index (χ1) is 8.90. The quantitative estimate of drug-likeness (QED) is 0.656. The molecule has 1 fully saturated rings. The van der Waals surface area contributed by atoms with Crippen molar-refractivity contribution in [1.29, 1.82) is 0 Å². The molecule has 2 rings (SSSR count). The van der Waals surface area contributed by atoms with E-state index in [9.17, 15) is 14.9 Å². The van der Waals surface area contributed by atoms with Crippen LogP contribution in [0, 0.1) is 28.9 Å². The lowest BCUT2D eigenvalue weighted by Crippen LogP contribution is -2.24. The number of aromatic nitrogens is 1. The molecule has 0 amide bonds. The molecule has 19 heavy (non-hydrogen) atoms. The van der Waals surface area contributed by atoms with E-state index >= 15 is 0 Å². The number of carbonyl (C=O) groups is 1. The molecule has 1 N–H and O–H groups in total. The van der Waals surface area contributed by atoms with E-state index in [1.165, 1.54) is 12.3 Å². The van der Waals surface area contributed by atoms with Crippen molar-refractivity contribution in [2.45, 2.75) is 13.8 Å². The molecule has 1 aliphatic rings. The molecular weight excluding hydrogens is 250 g/mol. The number of pyridine rings is 1. The molecule has 1 aliphatic heterocycles. The van der Waals surface area contributed by atoms with Gasteiger partial charge < -0.3 is 10.0 Å². The molecule has 1 aromatic rings. The highest BCUT2D eigenvalue weighted by Crippen LogP contribution is 2.30. The summed E-state index contributed by atoms with van der Waals surface area (Å²) in [5, 5.41) is 19.8. The summed E-state index contributed by atoms with van der Waals surface area (Å²) in [7, 11) is 0. The van der Waals surface area contributed by atoms with E-state index in [4.69, 9.17) is 5.11 Å². The highest BCUT2D eigenvalue weighted by Gasteiger charge is 2.35. The minimum absolute atomic E-state index is 0.0360. The van der Waals surface area contributed by atoms with Crippen molar-refractivity contribution in [3.8, 4) is 0 Å². The fourth-order valence-electron chi connectivity index (χ4n) is 2.44. The largest absolute Gasteiger partial charge is 0.481 e. The fraction of sp³-hybridized carbons (Fsp3) is 0.500. The van der Waals surface area contributed by atoms with Crippen molar-refractivity contribution < 1.29 is 14.8 Å². The van der Waals surface area contributed by atoms with E-state index < -0.39 is 16.8 Å². The Bertz CT molecular complexity index is 532. The number of carboxylic acid groups (broad SMARTS) is 1. The molecule has 0 unspecified atom stereocenters. The van der Waals surface area contributed by atoms with E-state index in [1.54, 1.807) is 6.92 Å². The number of nitro groups is 1. The second kappa shape index (κ2) is 4.83. The maximum absolute atomic E-state index is 11.1. The number of hydrogen-bond acceptors (Lipinski definition) is 5. The normalized spacial score (nSPS) is 22.5. The molecule has 7 heteroatoms. The lowest BCUT2D eigenvalue weighted by atomic mass is 9.99. The van der Waals surface area contributed by atoms with Crippen molar-refractivity contribution in [1.82, 2.24) is 4.98 Å². The van der Waals surface area contributed by atoms with Crippen molar-refractivity contribution in [2.24, 2.45) is 11.8 Å². The summed E-state index contributed by atoms with van der Waals surface area (Å²) in [5.41, 5.74) is 0.635. The van der Waals surface area contributed by atoms with Gasteiger partial charge in [0.05, 0.1) is 10.8 Å². The SMILES string of the molecule is Cc1cc([N+](=O)[O-])cnc1N1C[C@@H](C)[C@H](C(=O)O)C1. The minimum atomic E-state index is -0.811. The Morgan fingerprint density at radius 2 is 2.26 bits per heavy atom. The van der Waals surface area contributed by atoms with Crippen LogP contribution >= 0.6 is 0 Å². The Labute approximate surface area is 110 Å². The Morgan fingerprint density at radius 1 is 1.58 bits per heavy atom. The van der Waals surface area contributed by atoms with E-state index in [-0.39, 0.29) is 11.6 Å². The first-order valence-corrected chi connectivity index (χ1v) is 5.99. The molecule has 2 atom stereocenters. The van der Waals surface area contributed by atoms with Gasteiger partial charge in [-0.05, 0) is 18.4 Å². The lowest BCUT2D eigenvalue weighted by molar-refractivity contribution is -0.385. The molecule has 2 heterocycles. The number of aryl methyl sites for hydroxylation is 1. The van der Waals surface area contributed by atoms with Gasteiger partial charge in [0.2, 0.25) is 0 Å². The van der Waals surface area contributed by atoms with Gasteiger partial charge in [-0.3, -0.25) is 14.9 Å². The standard InChI is InChI=1S/C12H15N3O4/c1-7-3-9(15(18)19)4-13-11(7)14-5-8(2)10(6-14)12(16)17/h3-4,8,10H,5-6H2,1-2H3,(H,16,17)/t8-,10-/m1/s1. The third-order valence-corrected chi connectivity index (χ3v) is 3.48. The third-order valence-electron chi connectivity index (χ3n) is 3.48. The smallest absolute Gasteiger partial charge is 0.308 e. The van der Waals surface area contributed by atoms with Crippen LogP contribution in [0.25, 0.3) is 0 Å². The van der Waals surface area contributed by atoms with Gasteiger partial charge in [-0.15, -0.1) is 0 Å². The molecule has 0 aliphatic carbocycles. The molecule has 1 saturated heterocycles. The van der Waals surface area contributed by atoms with E-state index in [2.05, 4.69) is 4.98 Å². The lowest BCUT2D eigenvalue weighted by Gasteiger charge is -2.18. The molecule has 7 nitrogen and oxygen atoms in total. The topological polar surface area (TPSA) is 96.6 Å². The fourth-order valence-corrected chi connectivity index (χ4v) is 2.44. The van der Waals surface area contributed by atoms with Crippen LogP contribution in [0.5, 0.6) is 0 Å². The second-order valence-electron chi connectivity index (χ2n) is 4.92. The van der Waals surface area contributed by atoms with Gasteiger partial charge in [-0.2, -0.15) is 0 Å². The summed E-state index contributed by atoms with van der Waals surface area (Å²) < 4.78 is 0. The zero-order valence-electron chi connectivity index (χ0n) is 10.7. The van der Waals surface area contributed by atoms with Crippen LogP contribution < -0.4 is 4.90 Å². The number of hydrogen-bond donors (Lipinski definition) is 1. The van der Waals surface area contributed by atoms with E-state index in [1.807, 2.05) is 11.8 Å². The van der Waals surface area contributed by atoms with Crippen LogP contribution in [-0.4, -0.2) is 34.1 Å². The van der Waals surface area contributed by atoms with Crippen LogP contribution in [0.1, 0.15) is 12.5 Å². The number of nitrogens with zero attached hydrogens (tertiary/aromatic N) is 3. The average Bonchev–Trinajstić information content (AvgIpc) is 2.71. The average molecular weight is 265 g/mol. The van der Waals surface area contributed by atoms with Crippen molar-refractivity contribution in [3.05, 3.63) is 27.9 Å². The highest BCUT2D eigenvalue weighted by atomic mass is 16.6. The van der Waals surface area contributed by atoms with Crippen molar-refractivity contribution in [3.63, 3.8) is 0 Å². The number of anilines is 1. The number of carboxylic acids is 1. The molecular formula is C12H15N3O4. The predicted molar refractivity (Wildman–Crippen MR) is 68.1 cm³/mol. The summed E-state index contributed by atoms with van der Waals surface area (Å²) >= 11 is 0. The summed E-state index contributed by atoms with van der Waals surface area (Å²) in [5.74, 6) is -0.568.